The number of hydrogen-bond acceptors (Lipinski definition) is 8. The molecule has 9 nitrogen and oxygen atoms in total. The Morgan fingerprint density at radius 3 is 2.48 bits per heavy atom. The molecule has 0 spiro atoms. The largest absolute Gasteiger partial charge is 0.507 e. The van der Waals surface area contributed by atoms with Gasteiger partial charge in [0.15, 0.2) is 34.7 Å². The predicted molar refractivity (Wildman–Crippen MR) is 144 cm³/mol. The minimum absolute atomic E-state index is 0.0384. The van der Waals surface area contributed by atoms with Crippen molar-refractivity contribution in [3.05, 3.63) is 46.5 Å². The Balaban J connectivity index is 1.37. The highest BCUT2D eigenvalue weighted by Gasteiger charge is 2.69. The van der Waals surface area contributed by atoms with E-state index >= 15 is 0 Å². The van der Waals surface area contributed by atoms with Gasteiger partial charge in [-0.25, -0.2) is 0 Å². The van der Waals surface area contributed by atoms with Gasteiger partial charge in [0, 0.05) is 5.92 Å². The molecule has 0 radical (unpaired) electrons. The second kappa shape index (κ2) is 9.31. The van der Waals surface area contributed by atoms with Crippen LogP contribution in [0.4, 0.5) is 0 Å². The van der Waals surface area contributed by atoms with E-state index in [9.17, 15) is 34.2 Å². The van der Waals surface area contributed by atoms with Crippen molar-refractivity contribution in [3.8, 4) is 5.75 Å². The molecule has 6 atom stereocenters. The summed E-state index contributed by atoms with van der Waals surface area (Å²) < 4.78 is 0. The number of aromatic hydroxyl groups is 1. The number of ketones is 4. The van der Waals surface area contributed by atoms with Crippen molar-refractivity contribution >= 4 is 34.6 Å². The van der Waals surface area contributed by atoms with Crippen molar-refractivity contribution in [2.24, 2.45) is 35.3 Å². The van der Waals surface area contributed by atoms with E-state index in [-0.39, 0.29) is 24.2 Å². The smallest absolute Gasteiger partial charge is 0.235 e. The number of aliphatic hydroxyl groups is 1. The van der Waals surface area contributed by atoms with Crippen LogP contribution in [0.3, 0.4) is 0 Å². The Labute approximate surface area is 232 Å². The number of amides is 1. The van der Waals surface area contributed by atoms with Gasteiger partial charge in [-0.2, -0.15) is 0 Å². The van der Waals surface area contributed by atoms with E-state index in [0.29, 0.717) is 5.56 Å². The van der Waals surface area contributed by atoms with Gasteiger partial charge in [-0.05, 0) is 80.8 Å². The Hall–Kier alpha value is -3.43. The molecule has 3 saturated carbocycles. The molecule has 5 aliphatic carbocycles. The average molecular weight is 547 g/mol. The molecule has 4 N–H and O–H groups in total. The first-order chi connectivity index (χ1) is 18.9. The quantitative estimate of drug-likeness (QED) is 0.456. The van der Waals surface area contributed by atoms with Crippen molar-refractivity contribution in [1.29, 1.82) is 0 Å². The van der Waals surface area contributed by atoms with E-state index in [2.05, 4.69) is 12.2 Å². The van der Waals surface area contributed by atoms with Crippen molar-refractivity contribution in [3.63, 3.8) is 0 Å². The van der Waals surface area contributed by atoms with Gasteiger partial charge in [0.2, 0.25) is 5.91 Å². The zero-order valence-electron chi connectivity index (χ0n) is 22.7. The second-order valence-corrected chi connectivity index (χ2v) is 12.5. The number of primary amides is 1. The van der Waals surface area contributed by atoms with E-state index in [1.165, 1.54) is 35.8 Å². The van der Waals surface area contributed by atoms with Crippen LogP contribution in [0.15, 0.2) is 29.9 Å². The number of likely N-dealkylation sites (N-methyl/N-ethyl adjacent to an activating group) is 1. The third-order valence-electron chi connectivity index (χ3n) is 9.80. The summed E-state index contributed by atoms with van der Waals surface area (Å²) >= 11 is 0. The van der Waals surface area contributed by atoms with Gasteiger partial charge in [-0.1, -0.05) is 36.6 Å². The highest BCUT2D eigenvalue weighted by Crippen LogP contribution is 2.52. The van der Waals surface area contributed by atoms with Crippen LogP contribution in [0.25, 0.3) is 5.57 Å². The Morgan fingerprint density at radius 1 is 1.10 bits per heavy atom. The molecule has 40 heavy (non-hydrogen) atoms. The lowest BCUT2D eigenvalue weighted by Crippen LogP contribution is -2.74. The number of allylic oxidation sites excluding steroid dienone is 4. The number of phenolic OH excluding ortho intramolecular Hbond substituents is 1. The number of carbonyl (C=O) groups is 5. The molecular weight excluding hydrogens is 512 g/mol. The summed E-state index contributed by atoms with van der Waals surface area (Å²) in [6, 6.07) is 2.15. The lowest BCUT2D eigenvalue weighted by atomic mass is 9.52. The lowest BCUT2D eigenvalue weighted by molar-refractivity contribution is -0.181. The molecule has 0 bridgehead atoms. The molecule has 1 aromatic carbocycles. The first-order valence-electron chi connectivity index (χ1n) is 14.0. The molecule has 5 aliphatic rings. The van der Waals surface area contributed by atoms with Crippen LogP contribution in [0.5, 0.6) is 5.75 Å². The Morgan fingerprint density at radius 2 is 1.82 bits per heavy atom. The molecule has 0 aromatic heterocycles. The van der Waals surface area contributed by atoms with Gasteiger partial charge >= 0.3 is 0 Å². The summed E-state index contributed by atoms with van der Waals surface area (Å²) in [6.07, 6.45) is 10.1. The Bertz CT molecular complexity index is 1430. The highest BCUT2D eigenvalue weighted by atomic mass is 16.3. The summed E-state index contributed by atoms with van der Waals surface area (Å²) in [5.74, 6) is -9.41. The third kappa shape index (κ3) is 3.85. The first-order valence-corrected chi connectivity index (χ1v) is 14.0. The standard InChI is InChI=1S/C31H34N2O7/c1-33(2)25-20-13-17-12-19-18(16-8-7-15(11-16)6-5-14-3-4-14)9-10-21(34)23(19)26(35)22(17)28(37)31(20,40)29(38)24(27(25)36)30(32)39/h7-10,14,17,20,22,24-25,34,40H,3-6,11-13H2,1-2H3,(H2,32,39)/t17-,20-,22?,24?,25-,31-/m1/s1. The zero-order chi connectivity index (χ0) is 28.7. The molecule has 1 aromatic rings. The zero-order valence-corrected chi connectivity index (χ0v) is 22.7. The van der Waals surface area contributed by atoms with E-state index in [4.69, 9.17) is 5.73 Å². The number of phenols is 1. The Kier molecular flexibility index (Phi) is 6.23. The van der Waals surface area contributed by atoms with E-state index in [0.717, 1.165) is 29.9 Å². The average Bonchev–Trinajstić information content (AvgIpc) is 3.60. The molecule has 9 heteroatoms. The number of Topliss-reactive ketones (excluding diaryl/α,β-unsaturated/α-hetero) is 4. The second-order valence-electron chi connectivity index (χ2n) is 12.5. The number of benzene rings is 1. The number of nitrogens with zero attached hydrogens (tertiary/aromatic N) is 1. The van der Waals surface area contributed by atoms with Crippen LogP contribution < -0.4 is 5.73 Å². The topological polar surface area (TPSA) is 155 Å². The van der Waals surface area contributed by atoms with Gasteiger partial charge in [0.25, 0.3) is 0 Å². The third-order valence-corrected chi connectivity index (χ3v) is 9.80. The van der Waals surface area contributed by atoms with Crippen LogP contribution in [-0.2, 0) is 25.6 Å². The van der Waals surface area contributed by atoms with Crippen molar-refractivity contribution in [2.75, 3.05) is 14.1 Å². The monoisotopic (exact) mass is 546 g/mol. The van der Waals surface area contributed by atoms with Gasteiger partial charge in [-0.15, -0.1) is 0 Å². The normalized spacial score (nSPS) is 33.4. The number of nitrogens with two attached hydrogens (primary N) is 1. The first kappa shape index (κ1) is 26.8. The number of fused-ring (bicyclic) bond motifs is 3. The van der Waals surface area contributed by atoms with E-state index < -0.39 is 64.4 Å². The molecule has 2 unspecified atom stereocenters. The maximum absolute atomic E-state index is 13.9. The fourth-order valence-electron chi connectivity index (χ4n) is 7.64. The van der Waals surface area contributed by atoms with Crippen LogP contribution in [0, 0.1) is 29.6 Å². The summed E-state index contributed by atoms with van der Waals surface area (Å²) in [7, 11) is 3.15. The maximum Gasteiger partial charge on any atom is 0.235 e. The summed E-state index contributed by atoms with van der Waals surface area (Å²) in [4.78, 5) is 68.1. The molecule has 6 rings (SSSR count). The number of hydrogen-bond donors (Lipinski definition) is 3. The van der Waals surface area contributed by atoms with Crippen molar-refractivity contribution in [2.45, 2.75) is 56.6 Å². The maximum atomic E-state index is 13.9. The SMILES string of the molecule is CN(C)[C@H]1C(=O)C(C(N)=O)C(=O)[C@]2(O)C(=O)C3C(=O)c4c(O)ccc(C5=CC=C(CCC6CC6)C5)c4C[C@@H]3C[C@H]12. The summed E-state index contributed by atoms with van der Waals surface area (Å²) in [5.41, 5.74) is 6.57. The molecule has 0 heterocycles. The van der Waals surface area contributed by atoms with Gasteiger partial charge in [0.1, 0.15) is 5.75 Å². The van der Waals surface area contributed by atoms with Crippen molar-refractivity contribution < 1.29 is 34.2 Å². The minimum atomic E-state index is -2.71. The van der Waals surface area contributed by atoms with E-state index in [1.54, 1.807) is 20.2 Å². The van der Waals surface area contributed by atoms with E-state index in [1.807, 2.05) is 0 Å². The molecule has 0 aliphatic heterocycles. The van der Waals surface area contributed by atoms with Gasteiger partial charge in [-0.3, -0.25) is 28.9 Å². The number of rotatable bonds is 6. The molecule has 210 valence electrons. The fourth-order valence-corrected chi connectivity index (χ4v) is 7.64. The highest BCUT2D eigenvalue weighted by molar-refractivity contribution is 6.32. The summed E-state index contributed by atoms with van der Waals surface area (Å²) in [5, 5.41) is 22.5. The van der Waals surface area contributed by atoms with Crippen molar-refractivity contribution in [1.82, 2.24) is 4.90 Å². The van der Waals surface area contributed by atoms with Crippen LogP contribution in [0.1, 0.15) is 60.0 Å². The lowest BCUT2D eigenvalue weighted by Gasteiger charge is -2.52. The van der Waals surface area contributed by atoms with Crippen LogP contribution >= 0.6 is 0 Å². The molecular formula is C31H34N2O7. The minimum Gasteiger partial charge on any atom is -0.507 e. The van der Waals surface area contributed by atoms with Crippen LogP contribution in [0.2, 0.25) is 0 Å². The van der Waals surface area contributed by atoms with Gasteiger partial charge < -0.3 is 15.9 Å². The molecule has 3 fully saturated rings. The van der Waals surface area contributed by atoms with Crippen LogP contribution in [-0.4, -0.2) is 69.9 Å². The van der Waals surface area contributed by atoms with Gasteiger partial charge in [0.05, 0.1) is 17.5 Å². The number of carbonyl (C=O) groups excluding carboxylic acids is 5. The molecule has 1 amide bonds. The predicted octanol–water partition coefficient (Wildman–Crippen LogP) is 1.77. The fraction of sp³-hybridized carbons (Fsp3) is 0.516. The molecule has 0 saturated heterocycles. The summed E-state index contributed by atoms with van der Waals surface area (Å²) in [6.45, 7) is 0.